The van der Waals surface area contributed by atoms with Crippen LogP contribution >= 0.6 is 11.3 Å². The maximum absolute atomic E-state index is 12.5. The quantitative estimate of drug-likeness (QED) is 0.790. The molecule has 3 heterocycles. The number of hydrogen-bond acceptors (Lipinski definition) is 6. The van der Waals surface area contributed by atoms with Gasteiger partial charge in [-0.25, -0.2) is 13.4 Å². The van der Waals surface area contributed by atoms with E-state index in [-0.39, 0.29) is 11.8 Å². The van der Waals surface area contributed by atoms with Crippen LogP contribution in [0, 0.1) is 5.92 Å². The maximum atomic E-state index is 12.5. The summed E-state index contributed by atoms with van der Waals surface area (Å²) in [7, 11) is 0.424. The minimum absolute atomic E-state index is 0.0279. The molecule has 0 aliphatic carbocycles. The summed E-state index contributed by atoms with van der Waals surface area (Å²) >= 11 is 1.22. The number of hydrogen-bond donors (Lipinski definition) is 1. The molecule has 0 radical (unpaired) electrons. The third kappa shape index (κ3) is 4.66. The summed E-state index contributed by atoms with van der Waals surface area (Å²) in [5.74, 6) is 0.679. The summed E-state index contributed by atoms with van der Waals surface area (Å²) in [5, 5.41) is 4.70. The van der Waals surface area contributed by atoms with Crippen LogP contribution in [0.5, 0.6) is 0 Å². The Hall–Kier alpha value is -1.97. The molecule has 1 N–H and O–H groups in total. The van der Waals surface area contributed by atoms with Crippen LogP contribution in [0.1, 0.15) is 18.4 Å². The van der Waals surface area contributed by atoms with Crippen molar-refractivity contribution in [1.29, 1.82) is 0 Å². The van der Waals surface area contributed by atoms with Crippen LogP contribution in [0.4, 0.5) is 5.82 Å². The normalized spacial score (nSPS) is 16.2. The molecule has 2 aromatic rings. The lowest BCUT2D eigenvalue weighted by molar-refractivity contribution is -0.126. The maximum Gasteiger partial charge on any atom is 0.252 e. The van der Waals surface area contributed by atoms with Gasteiger partial charge in [0, 0.05) is 45.8 Å². The molecule has 1 aliphatic heterocycles. The number of aromatic nitrogens is 1. The molecule has 2 aromatic heterocycles. The van der Waals surface area contributed by atoms with E-state index in [1.54, 1.807) is 23.7 Å². The predicted octanol–water partition coefficient (Wildman–Crippen LogP) is 1.93. The molecule has 0 spiro atoms. The molecule has 0 saturated carbocycles. The largest absolute Gasteiger partial charge is 0.363 e. The van der Waals surface area contributed by atoms with Gasteiger partial charge in [-0.1, -0.05) is 12.1 Å². The fraction of sp³-hybridized carbons (Fsp3) is 0.444. The van der Waals surface area contributed by atoms with E-state index in [2.05, 4.69) is 10.3 Å². The number of rotatable bonds is 6. The van der Waals surface area contributed by atoms with Crippen molar-refractivity contribution in [2.24, 2.45) is 5.92 Å². The highest BCUT2D eigenvalue weighted by Crippen LogP contribution is 2.26. The van der Waals surface area contributed by atoms with Crippen LogP contribution in [-0.2, 0) is 21.4 Å². The molecule has 1 fully saturated rings. The Kier molecular flexibility index (Phi) is 6.13. The third-order valence-electron chi connectivity index (χ3n) is 4.65. The summed E-state index contributed by atoms with van der Waals surface area (Å²) in [6.07, 6.45) is 2.83. The second kappa shape index (κ2) is 8.37. The van der Waals surface area contributed by atoms with Crippen LogP contribution in [0.2, 0.25) is 0 Å². The molecule has 9 heteroatoms. The number of thiophene rings is 1. The first kappa shape index (κ1) is 19.8. The molecular weight excluding hydrogens is 384 g/mol. The zero-order chi connectivity index (χ0) is 19.4. The molecule has 0 aromatic carbocycles. The van der Waals surface area contributed by atoms with Crippen molar-refractivity contribution in [3.8, 4) is 0 Å². The van der Waals surface area contributed by atoms with E-state index in [4.69, 9.17) is 0 Å². The smallest absolute Gasteiger partial charge is 0.252 e. The number of nitrogens with one attached hydrogen (secondary N) is 1. The summed E-state index contributed by atoms with van der Waals surface area (Å²) in [6.45, 7) is 1.17. The van der Waals surface area contributed by atoms with E-state index in [0.717, 1.165) is 11.4 Å². The van der Waals surface area contributed by atoms with Gasteiger partial charge < -0.3 is 10.2 Å². The predicted molar refractivity (Wildman–Crippen MR) is 106 cm³/mol. The lowest BCUT2D eigenvalue weighted by atomic mass is 9.97. The van der Waals surface area contributed by atoms with Gasteiger partial charge in [0.05, 0.1) is 0 Å². The molecule has 3 rings (SSSR count). The van der Waals surface area contributed by atoms with Crippen molar-refractivity contribution in [3.05, 3.63) is 41.4 Å². The minimum Gasteiger partial charge on any atom is -0.363 e. The van der Waals surface area contributed by atoms with Crippen LogP contribution in [-0.4, -0.2) is 50.8 Å². The topological polar surface area (TPSA) is 82.6 Å². The SMILES string of the molecule is CN(C)c1ccc(CNC(=O)C2CCN(S(=O)(=O)c3cccs3)CC2)cn1. The molecule has 1 amide bonds. The Morgan fingerprint density at radius 3 is 2.59 bits per heavy atom. The fourth-order valence-electron chi connectivity index (χ4n) is 3.02. The first-order valence-electron chi connectivity index (χ1n) is 8.81. The van der Waals surface area contributed by atoms with Gasteiger partial charge in [-0.15, -0.1) is 11.3 Å². The molecule has 0 bridgehead atoms. The minimum atomic E-state index is -3.43. The van der Waals surface area contributed by atoms with Gasteiger partial charge in [-0.05, 0) is 35.9 Å². The number of carbonyl (C=O) groups is 1. The highest BCUT2D eigenvalue weighted by Gasteiger charge is 2.32. The van der Waals surface area contributed by atoms with E-state index in [1.807, 2.05) is 31.1 Å². The van der Waals surface area contributed by atoms with Crippen LogP contribution in [0.3, 0.4) is 0 Å². The third-order valence-corrected chi connectivity index (χ3v) is 7.92. The van der Waals surface area contributed by atoms with Gasteiger partial charge in [0.2, 0.25) is 5.91 Å². The van der Waals surface area contributed by atoms with E-state index in [9.17, 15) is 13.2 Å². The average molecular weight is 409 g/mol. The number of sulfonamides is 1. The van der Waals surface area contributed by atoms with Crippen molar-refractivity contribution in [1.82, 2.24) is 14.6 Å². The second-order valence-corrected chi connectivity index (χ2v) is 9.86. The number of carbonyl (C=O) groups excluding carboxylic acids is 1. The van der Waals surface area contributed by atoms with Gasteiger partial charge in [-0.2, -0.15) is 4.31 Å². The van der Waals surface area contributed by atoms with Crippen LogP contribution in [0.25, 0.3) is 0 Å². The average Bonchev–Trinajstić information content (AvgIpc) is 3.22. The highest BCUT2D eigenvalue weighted by atomic mass is 32.2. The van der Waals surface area contributed by atoms with Crippen molar-refractivity contribution < 1.29 is 13.2 Å². The van der Waals surface area contributed by atoms with Gasteiger partial charge in [0.1, 0.15) is 10.0 Å². The number of piperidine rings is 1. The molecule has 27 heavy (non-hydrogen) atoms. The lowest BCUT2D eigenvalue weighted by Gasteiger charge is -2.30. The van der Waals surface area contributed by atoms with Crippen molar-refractivity contribution in [2.45, 2.75) is 23.6 Å². The highest BCUT2D eigenvalue weighted by molar-refractivity contribution is 7.91. The molecule has 1 aliphatic rings. The fourth-order valence-corrected chi connectivity index (χ4v) is 5.63. The van der Waals surface area contributed by atoms with Crippen LogP contribution in [0.15, 0.2) is 40.1 Å². The number of pyridine rings is 1. The summed E-state index contributed by atoms with van der Waals surface area (Å²) < 4.78 is 26.9. The van der Waals surface area contributed by atoms with Crippen molar-refractivity contribution in [3.63, 3.8) is 0 Å². The van der Waals surface area contributed by atoms with Crippen LogP contribution < -0.4 is 10.2 Å². The lowest BCUT2D eigenvalue weighted by Crippen LogP contribution is -2.42. The molecule has 146 valence electrons. The Bertz CT molecular complexity index is 857. The Balaban J connectivity index is 1.50. The Morgan fingerprint density at radius 2 is 2.04 bits per heavy atom. The van der Waals surface area contributed by atoms with E-state index in [1.165, 1.54) is 15.6 Å². The number of nitrogens with zero attached hydrogens (tertiary/aromatic N) is 3. The van der Waals surface area contributed by atoms with Gasteiger partial charge in [0.15, 0.2) is 0 Å². The van der Waals surface area contributed by atoms with E-state index >= 15 is 0 Å². The molecule has 0 unspecified atom stereocenters. The monoisotopic (exact) mass is 408 g/mol. The van der Waals surface area contributed by atoms with Gasteiger partial charge in [0.25, 0.3) is 10.0 Å². The molecule has 0 atom stereocenters. The Morgan fingerprint density at radius 1 is 1.30 bits per heavy atom. The molecular formula is C18H24N4O3S2. The van der Waals surface area contributed by atoms with Crippen molar-refractivity contribution in [2.75, 3.05) is 32.1 Å². The molecule has 7 nitrogen and oxygen atoms in total. The van der Waals surface area contributed by atoms with Gasteiger partial charge in [-0.3, -0.25) is 4.79 Å². The zero-order valence-corrected chi connectivity index (χ0v) is 17.1. The molecule has 1 saturated heterocycles. The second-order valence-electron chi connectivity index (χ2n) is 6.75. The first-order valence-corrected chi connectivity index (χ1v) is 11.1. The first-order chi connectivity index (χ1) is 12.9. The van der Waals surface area contributed by atoms with Crippen molar-refractivity contribution >= 4 is 33.1 Å². The number of anilines is 1. The summed E-state index contributed by atoms with van der Waals surface area (Å²) in [5.41, 5.74) is 0.937. The summed E-state index contributed by atoms with van der Waals surface area (Å²) in [6, 6.07) is 7.21. The van der Waals surface area contributed by atoms with E-state index in [0.29, 0.717) is 36.7 Å². The summed E-state index contributed by atoms with van der Waals surface area (Å²) in [4.78, 5) is 18.7. The number of amides is 1. The Labute approximate surface area is 164 Å². The standard InChI is InChI=1S/C18H24N4O3S2/c1-21(2)16-6-5-14(12-19-16)13-20-18(23)15-7-9-22(10-8-15)27(24,25)17-4-3-11-26-17/h3-6,11-12,15H,7-10,13H2,1-2H3,(H,20,23). The van der Waals surface area contributed by atoms with E-state index < -0.39 is 10.0 Å². The van der Waals surface area contributed by atoms with Gasteiger partial charge >= 0.3 is 0 Å². The zero-order valence-electron chi connectivity index (χ0n) is 15.5.